The van der Waals surface area contributed by atoms with Gasteiger partial charge in [0.2, 0.25) is 0 Å². The molecule has 7 nitrogen and oxygen atoms in total. The van der Waals surface area contributed by atoms with Crippen molar-refractivity contribution in [1.82, 2.24) is 4.90 Å². The molecule has 1 saturated heterocycles. The number of aliphatic hydroxyl groups is 1. The number of hydrogen-bond donors (Lipinski definition) is 2. The van der Waals surface area contributed by atoms with Gasteiger partial charge in [0.15, 0.2) is 6.29 Å². The molecule has 242 valence electrons. The summed E-state index contributed by atoms with van der Waals surface area (Å²) in [6.07, 6.45) is -1.25. The molecular formula is C39H40N2O5S. The van der Waals surface area contributed by atoms with Crippen LogP contribution >= 0.6 is 0 Å². The number of rotatable bonds is 12. The average Bonchev–Trinajstić information content (AvgIpc) is 3.10. The highest BCUT2D eigenvalue weighted by molar-refractivity contribution is 7.92. The molecule has 5 aromatic rings. The van der Waals surface area contributed by atoms with Crippen LogP contribution in [0.1, 0.15) is 47.1 Å². The van der Waals surface area contributed by atoms with Gasteiger partial charge < -0.3 is 14.6 Å². The number of hydrogen-bond acceptors (Lipinski definition) is 6. The summed E-state index contributed by atoms with van der Waals surface area (Å²) in [5, 5.41) is 9.64. The van der Waals surface area contributed by atoms with E-state index in [0.29, 0.717) is 17.8 Å². The first kappa shape index (κ1) is 32.6. The van der Waals surface area contributed by atoms with Gasteiger partial charge in [0.1, 0.15) is 0 Å². The second-order valence-electron chi connectivity index (χ2n) is 12.0. The maximum Gasteiger partial charge on any atom is 0.261 e. The zero-order valence-electron chi connectivity index (χ0n) is 26.4. The Bertz CT molecular complexity index is 1780. The second-order valence-corrected chi connectivity index (χ2v) is 13.7. The lowest BCUT2D eigenvalue weighted by Gasteiger charge is -2.43. The van der Waals surface area contributed by atoms with Gasteiger partial charge in [0.05, 0.1) is 23.7 Å². The minimum Gasteiger partial charge on any atom is -0.392 e. The maximum atomic E-state index is 13.1. The Labute approximate surface area is 277 Å². The predicted molar refractivity (Wildman–Crippen MR) is 184 cm³/mol. The van der Waals surface area contributed by atoms with E-state index in [4.69, 9.17) is 9.47 Å². The van der Waals surface area contributed by atoms with Gasteiger partial charge >= 0.3 is 0 Å². The van der Waals surface area contributed by atoms with Crippen molar-refractivity contribution in [2.24, 2.45) is 5.92 Å². The van der Waals surface area contributed by atoms with E-state index in [9.17, 15) is 13.5 Å². The number of nitrogens with zero attached hydrogens (tertiary/aromatic N) is 1. The molecule has 0 aromatic heterocycles. The molecule has 6 rings (SSSR count). The molecular weight excluding hydrogens is 609 g/mol. The van der Waals surface area contributed by atoms with Gasteiger partial charge in [-0.25, -0.2) is 8.42 Å². The normalized spacial score (nSPS) is 19.8. The summed E-state index contributed by atoms with van der Waals surface area (Å²) >= 11 is 0. The number of nitrogens with one attached hydrogen (secondary N) is 1. The third kappa shape index (κ3) is 8.35. The molecule has 1 aliphatic heterocycles. The Morgan fingerprint density at radius 1 is 0.681 bits per heavy atom. The van der Waals surface area contributed by atoms with Crippen LogP contribution in [0.25, 0.3) is 0 Å². The van der Waals surface area contributed by atoms with Crippen LogP contribution < -0.4 is 4.72 Å². The smallest absolute Gasteiger partial charge is 0.261 e. The predicted octanol–water partition coefficient (Wildman–Crippen LogP) is 7.47. The van der Waals surface area contributed by atoms with Gasteiger partial charge in [0.25, 0.3) is 10.0 Å². The van der Waals surface area contributed by atoms with E-state index in [-0.39, 0.29) is 29.6 Å². The standard InChI is InChI=1S/C39H40N2O5S/c1-29-37(27-41(25-30-12-5-2-6-13-30)26-31-14-7-3-8-15-31)45-39(46-38(29)33-22-20-32(28-42)21-23-33)34-16-11-17-35(24-34)40-47(43,44)36-18-9-4-10-19-36/h2-24,29,37-40,42H,25-28H2,1H3/t29-,37+,38+,39+/m1/s1. The molecule has 0 spiro atoms. The van der Waals surface area contributed by atoms with Crippen LogP contribution in [-0.4, -0.2) is 31.1 Å². The van der Waals surface area contributed by atoms with Gasteiger partial charge in [-0.15, -0.1) is 0 Å². The quantitative estimate of drug-likeness (QED) is 0.146. The van der Waals surface area contributed by atoms with Crippen LogP contribution in [0.2, 0.25) is 0 Å². The SMILES string of the molecule is C[C@@H]1[C@H](CN(Cc2ccccc2)Cc2ccccc2)O[C@H](c2cccc(NS(=O)(=O)c3ccccc3)c2)O[C@@H]1c1ccc(CO)cc1. The molecule has 1 aliphatic rings. The first-order chi connectivity index (χ1) is 22.9. The number of ether oxygens (including phenoxy) is 2. The van der Waals surface area contributed by atoms with E-state index in [2.05, 4.69) is 65.1 Å². The van der Waals surface area contributed by atoms with Crippen LogP contribution in [0, 0.1) is 5.92 Å². The molecule has 1 fully saturated rings. The highest BCUT2D eigenvalue weighted by Crippen LogP contribution is 2.42. The Hall–Kier alpha value is -4.31. The van der Waals surface area contributed by atoms with E-state index in [1.54, 1.807) is 48.5 Å². The van der Waals surface area contributed by atoms with Crippen molar-refractivity contribution in [3.8, 4) is 0 Å². The third-order valence-electron chi connectivity index (χ3n) is 8.52. The molecule has 0 saturated carbocycles. The van der Waals surface area contributed by atoms with Crippen LogP contribution in [0.3, 0.4) is 0 Å². The summed E-state index contributed by atoms with van der Waals surface area (Å²) in [4.78, 5) is 2.60. The third-order valence-corrected chi connectivity index (χ3v) is 9.92. The van der Waals surface area contributed by atoms with Crippen molar-refractivity contribution < 1.29 is 23.0 Å². The number of aliphatic hydroxyl groups excluding tert-OH is 1. The fraction of sp³-hybridized carbons (Fsp3) is 0.231. The van der Waals surface area contributed by atoms with Crippen LogP contribution in [0.4, 0.5) is 5.69 Å². The van der Waals surface area contributed by atoms with Gasteiger partial charge in [-0.05, 0) is 46.5 Å². The lowest BCUT2D eigenvalue weighted by molar-refractivity contribution is -0.276. The van der Waals surface area contributed by atoms with E-state index in [1.165, 1.54) is 11.1 Å². The van der Waals surface area contributed by atoms with Crippen molar-refractivity contribution in [2.45, 2.75) is 50.0 Å². The number of benzene rings is 5. The van der Waals surface area contributed by atoms with Gasteiger partial charge in [-0.3, -0.25) is 9.62 Å². The molecule has 0 unspecified atom stereocenters. The minimum atomic E-state index is -3.77. The summed E-state index contributed by atoms with van der Waals surface area (Å²) in [6.45, 7) is 4.27. The first-order valence-electron chi connectivity index (χ1n) is 15.9. The molecule has 0 amide bonds. The molecule has 2 N–H and O–H groups in total. The monoisotopic (exact) mass is 648 g/mol. The summed E-state index contributed by atoms with van der Waals surface area (Å²) in [7, 11) is -3.77. The average molecular weight is 649 g/mol. The minimum absolute atomic E-state index is 0.0139. The Kier molecular flexibility index (Phi) is 10.5. The summed E-state index contributed by atoms with van der Waals surface area (Å²) in [5.74, 6) is -0.0139. The lowest BCUT2D eigenvalue weighted by atomic mass is 9.89. The molecule has 8 heteroatoms. The van der Waals surface area contributed by atoms with Crippen LogP contribution in [0.15, 0.2) is 144 Å². The van der Waals surface area contributed by atoms with Crippen LogP contribution in [0.5, 0.6) is 0 Å². The summed E-state index contributed by atoms with van der Waals surface area (Å²) in [6, 6.07) is 44.2. The topological polar surface area (TPSA) is 88.1 Å². The Morgan fingerprint density at radius 2 is 1.28 bits per heavy atom. The van der Waals surface area contributed by atoms with Crippen molar-refractivity contribution in [3.63, 3.8) is 0 Å². The van der Waals surface area contributed by atoms with E-state index < -0.39 is 16.3 Å². The molecule has 0 bridgehead atoms. The van der Waals surface area contributed by atoms with Crippen LogP contribution in [-0.2, 0) is 39.2 Å². The maximum absolute atomic E-state index is 13.1. The zero-order chi connectivity index (χ0) is 32.6. The molecule has 0 radical (unpaired) electrons. The lowest BCUT2D eigenvalue weighted by Crippen LogP contribution is -2.44. The largest absolute Gasteiger partial charge is 0.392 e. The first-order valence-corrected chi connectivity index (χ1v) is 17.3. The van der Waals surface area contributed by atoms with Gasteiger partial charge in [-0.2, -0.15) is 0 Å². The van der Waals surface area contributed by atoms with E-state index in [1.807, 2.05) is 42.5 Å². The number of anilines is 1. The molecule has 1 heterocycles. The van der Waals surface area contributed by atoms with Gasteiger partial charge in [0, 0.05) is 36.8 Å². The fourth-order valence-electron chi connectivity index (χ4n) is 6.01. The molecule has 4 atom stereocenters. The zero-order valence-corrected chi connectivity index (χ0v) is 27.2. The highest BCUT2D eigenvalue weighted by Gasteiger charge is 2.39. The molecule has 0 aliphatic carbocycles. The van der Waals surface area contributed by atoms with E-state index >= 15 is 0 Å². The molecule has 47 heavy (non-hydrogen) atoms. The van der Waals surface area contributed by atoms with Crippen molar-refractivity contribution in [2.75, 3.05) is 11.3 Å². The van der Waals surface area contributed by atoms with Crippen molar-refractivity contribution in [1.29, 1.82) is 0 Å². The number of sulfonamides is 1. The van der Waals surface area contributed by atoms with E-state index in [0.717, 1.165) is 24.2 Å². The summed E-state index contributed by atoms with van der Waals surface area (Å²) in [5.41, 5.74) is 5.39. The van der Waals surface area contributed by atoms with Crippen molar-refractivity contribution in [3.05, 3.63) is 167 Å². The van der Waals surface area contributed by atoms with Gasteiger partial charge in [-0.1, -0.05) is 122 Å². The highest BCUT2D eigenvalue weighted by atomic mass is 32.2. The fourth-order valence-corrected chi connectivity index (χ4v) is 7.08. The summed E-state index contributed by atoms with van der Waals surface area (Å²) < 4.78 is 42.4. The Balaban J connectivity index is 1.30. The second kappa shape index (κ2) is 15.1. The van der Waals surface area contributed by atoms with Crippen molar-refractivity contribution >= 4 is 15.7 Å². The Morgan fingerprint density at radius 3 is 1.87 bits per heavy atom. The molecule has 5 aromatic carbocycles.